The van der Waals surface area contributed by atoms with Crippen LogP contribution < -0.4 is 0 Å². The third-order valence-electron chi connectivity index (χ3n) is 1.38. The van der Waals surface area contributed by atoms with Crippen LogP contribution in [0.5, 0.6) is 0 Å². The van der Waals surface area contributed by atoms with E-state index in [4.69, 9.17) is 0 Å². The average molecular weight is 165 g/mol. The molecule has 1 aliphatic rings. The summed E-state index contributed by atoms with van der Waals surface area (Å²) < 4.78 is 0. The summed E-state index contributed by atoms with van der Waals surface area (Å²) in [5.74, 6) is 0. The molecule has 1 unspecified atom stereocenters. The van der Waals surface area contributed by atoms with E-state index in [1.807, 2.05) is 37.4 Å². The van der Waals surface area contributed by atoms with Gasteiger partial charge in [-0.15, -0.1) is 0 Å². The highest BCUT2D eigenvalue weighted by molar-refractivity contribution is 7.81. The molecule has 58 valence electrons. The summed E-state index contributed by atoms with van der Waals surface area (Å²) in [6.45, 7) is 1.94. The van der Waals surface area contributed by atoms with E-state index >= 15 is 0 Å². The Balaban J connectivity index is 2.51. The zero-order valence-electron chi connectivity index (χ0n) is 6.44. The van der Waals surface area contributed by atoms with Crippen LogP contribution in [0.15, 0.2) is 41.1 Å². The number of aliphatic imine (C=N–C) groups is 1. The van der Waals surface area contributed by atoms with Crippen molar-refractivity contribution in [2.45, 2.75) is 12.2 Å². The molecule has 1 atom stereocenters. The molecule has 0 aromatic heterocycles. The largest absolute Gasteiger partial charge is 0.265 e. The average Bonchev–Trinajstić information content (AvgIpc) is 2.37. The molecular weight excluding hydrogens is 154 g/mol. The van der Waals surface area contributed by atoms with E-state index in [2.05, 4.69) is 17.6 Å². The molecule has 0 amide bonds. The molecule has 0 spiro atoms. The number of nitrogens with zero attached hydrogens (tertiary/aromatic N) is 1. The highest BCUT2D eigenvalue weighted by Gasteiger charge is 2.05. The molecule has 11 heavy (non-hydrogen) atoms. The predicted octanol–water partition coefficient (Wildman–Crippen LogP) is 2.39. The molecule has 0 radical (unpaired) electrons. The maximum atomic E-state index is 4.32. The van der Waals surface area contributed by atoms with Crippen LogP contribution in [0.4, 0.5) is 0 Å². The fraction of sp³-hybridized carbons (Fsp3) is 0.222. The van der Waals surface area contributed by atoms with Crippen LogP contribution in [0.25, 0.3) is 0 Å². The summed E-state index contributed by atoms with van der Waals surface area (Å²) in [5.41, 5.74) is 1.14. The molecular formula is C9H11NS. The zero-order chi connectivity index (χ0) is 8.10. The summed E-state index contributed by atoms with van der Waals surface area (Å²) in [5, 5.41) is 0.226. The zero-order valence-corrected chi connectivity index (χ0v) is 7.33. The van der Waals surface area contributed by atoms with Gasteiger partial charge < -0.3 is 0 Å². The Labute approximate surface area is 72.6 Å². The Bertz CT molecular complexity index is 236. The molecule has 0 saturated heterocycles. The minimum atomic E-state index is 0.226. The van der Waals surface area contributed by atoms with Crippen LogP contribution in [-0.2, 0) is 0 Å². The van der Waals surface area contributed by atoms with Gasteiger partial charge in [-0.3, -0.25) is 4.99 Å². The van der Waals surface area contributed by atoms with Crippen molar-refractivity contribution >= 4 is 18.8 Å². The monoisotopic (exact) mass is 165 g/mol. The third kappa shape index (κ3) is 2.39. The summed E-state index contributed by atoms with van der Waals surface area (Å²) in [7, 11) is 0. The lowest BCUT2D eigenvalue weighted by Crippen LogP contribution is -1.95. The molecule has 0 aliphatic heterocycles. The van der Waals surface area contributed by atoms with Gasteiger partial charge in [0.15, 0.2) is 0 Å². The summed E-state index contributed by atoms with van der Waals surface area (Å²) in [6, 6.07) is 0. The first kappa shape index (κ1) is 8.34. The molecule has 1 rings (SSSR count). The standard InChI is InChI=1S/C9H11NS/c1-2-6-10-7-8-4-3-5-9(8)11/h2-7,9,11H,1H3/b6-2-,10-7?. The van der Waals surface area contributed by atoms with E-state index in [9.17, 15) is 0 Å². The van der Waals surface area contributed by atoms with Crippen LogP contribution in [0.3, 0.4) is 0 Å². The van der Waals surface area contributed by atoms with Crippen LogP contribution in [0.1, 0.15) is 6.92 Å². The molecule has 0 heterocycles. The molecule has 0 saturated carbocycles. The fourth-order valence-electron chi connectivity index (χ4n) is 0.816. The quantitative estimate of drug-likeness (QED) is 0.476. The van der Waals surface area contributed by atoms with E-state index in [1.165, 1.54) is 0 Å². The van der Waals surface area contributed by atoms with Gasteiger partial charge in [0.05, 0.1) is 0 Å². The van der Waals surface area contributed by atoms with E-state index in [-0.39, 0.29) is 5.25 Å². The summed E-state index contributed by atoms with van der Waals surface area (Å²) >= 11 is 4.32. The Kier molecular flexibility index (Phi) is 3.17. The Morgan fingerprint density at radius 2 is 2.45 bits per heavy atom. The van der Waals surface area contributed by atoms with Crippen molar-refractivity contribution in [1.29, 1.82) is 0 Å². The van der Waals surface area contributed by atoms with E-state index in [1.54, 1.807) is 6.20 Å². The van der Waals surface area contributed by atoms with E-state index < -0.39 is 0 Å². The first-order chi connectivity index (χ1) is 5.34. The lowest BCUT2D eigenvalue weighted by molar-refractivity contribution is 1.40. The summed E-state index contributed by atoms with van der Waals surface area (Å²) in [4.78, 5) is 4.06. The molecule has 0 aromatic rings. The predicted molar refractivity (Wildman–Crippen MR) is 53.3 cm³/mol. The lowest BCUT2D eigenvalue weighted by Gasteiger charge is -1.97. The van der Waals surface area contributed by atoms with Crippen LogP contribution in [-0.4, -0.2) is 11.5 Å². The second-order valence-electron chi connectivity index (χ2n) is 2.26. The third-order valence-corrected chi connectivity index (χ3v) is 1.85. The van der Waals surface area contributed by atoms with Crippen molar-refractivity contribution in [3.05, 3.63) is 36.1 Å². The Morgan fingerprint density at radius 1 is 1.64 bits per heavy atom. The van der Waals surface area contributed by atoms with Crippen molar-refractivity contribution in [3.63, 3.8) is 0 Å². The molecule has 0 N–H and O–H groups in total. The van der Waals surface area contributed by atoms with Crippen molar-refractivity contribution < 1.29 is 0 Å². The highest BCUT2D eigenvalue weighted by Crippen LogP contribution is 2.14. The number of hydrogen-bond acceptors (Lipinski definition) is 2. The Morgan fingerprint density at radius 3 is 3.00 bits per heavy atom. The fourth-order valence-corrected chi connectivity index (χ4v) is 1.07. The second-order valence-corrected chi connectivity index (χ2v) is 2.81. The first-order valence-corrected chi connectivity index (χ1v) is 4.07. The normalized spacial score (nSPS) is 23.8. The van der Waals surface area contributed by atoms with Crippen molar-refractivity contribution in [1.82, 2.24) is 0 Å². The van der Waals surface area contributed by atoms with Gasteiger partial charge in [-0.25, -0.2) is 0 Å². The van der Waals surface area contributed by atoms with Gasteiger partial charge >= 0.3 is 0 Å². The number of thiol groups is 1. The first-order valence-electron chi connectivity index (χ1n) is 3.55. The van der Waals surface area contributed by atoms with Gasteiger partial charge in [0.25, 0.3) is 0 Å². The van der Waals surface area contributed by atoms with Crippen molar-refractivity contribution in [3.8, 4) is 0 Å². The maximum Gasteiger partial charge on any atom is 0.0465 e. The SMILES string of the molecule is C/C=C\N=CC1=CC=CC1S. The number of allylic oxidation sites excluding steroid dienone is 3. The van der Waals surface area contributed by atoms with Crippen LogP contribution >= 0.6 is 12.6 Å². The molecule has 1 nitrogen and oxygen atoms in total. The molecule has 1 aliphatic carbocycles. The van der Waals surface area contributed by atoms with E-state index in [0.717, 1.165) is 5.57 Å². The van der Waals surface area contributed by atoms with Gasteiger partial charge in [0.1, 0.15) is 0 Å². The molecule has 0 fully saturated rings. The van der Waals surface area contributed by atoms with Gasteiger partial charge in [-0.2, -0.15) is 12.6 Å². The smallest absolute Gasteiger partial charge is 0.0465 e. The van der Waals surface area contributed by atoms with Crippen LogP contribution in [0, 0.1) is 0 Å². The summed E-state index contributed by atoms with van der Waals surface area (Å²) in [6.07, 6.45) is 11.5. The second kappa shape index (κ2) is 4.19. The molecule has 0 aromatic carbocycles. The minimum Gasteiger partial charge on any atom is -0.265 e. The van der Waals surface area contributed by atoms with Crippen LogP contribution in [0.2, 0.25) is 0 Å². The van der Waals surface area contributed by atoms with E-state index in [0.29, 0.717) is 0 Å². The van der Waals surface area contributed by atoms with Crippen molar-refractivity contribution in [2.75, 3.05) is 0 Å². The van der Waals surface area contributed by atoms with Gasteiger partial charge in [-0.1, -0.05) is 24.3 Å². The number of hydrogen-bond donors (Lipinski definition) is 1. The Hall–Kier alpha value is -0.760. The highest BCUT2D eigenvalue weighted by atomic mass is 32.1. The minimum absolute atomic E-state index is 0.226. The maximum absolute atomic E-state index is 4.32. The van der Waals surface area contributed by atoms with Gasteiger partial charge in [0.2, 0.25) is 0 Å². The number of rotatable bonds is 2. The molecule has 2 heteroatoms. The van der Waals surface area contributed by atoms with Crippen molar-refractivity contribution in [2.24, 2.45) is 4.99 Å². The topological polar surface area (TPSA) is 12.4 Å². The van der Waals surface area contributed by atoms with Gasteiger partial charge in [0, 0.05) is 17.7 Å². The van der Waals surface area contributed by atoms with Gasteiger partial charge in [-0.05, 0) is 12.5 Å². The lowest BCUT2D eigenvalue weighted by atomic mass is 10.2. The molecule has 0 bridgehead atoms.